The average molecular weight is 375 g/mol. The fourth-order valence-electron chi connectivity index (χ4n) is 1.68. The number of ether oxygens (including phenoxy) is 1. The van der Waals surface area contributed by atoms with Crippen LogP contribution in [0, 0.1) is 5.82 Å². The number of hydrogen-bond acceptors (Lipinski definition) is 4. The molecular weight excluding hydrogens is 363 g/mol. The fraction of sp³-hybridized carbons (Fsp3) is 0.0769. The lowest BCUT2D eigenvalue weighted by Crippen LogP contribution is -2.16. The van der Waals surface area contributed by atoms with E-state index in [4.69, 9.17) is 10.5 Å². The number of sulfonamides is 1. The summed E-state index contributed by atoms with van der Waals surface area (Å²) in [7, 11) is -2.57. The second kappa shape index (κ2) is 5.90. The molecule has 0 saturated carbocycles. The van der Waals surface area contributed by atoms with E-state index < -0.39 is 15.8 Å². The van der Waals surface area contributed by atoms with E-state index in [1.54, 1.807) is 0 Å². The van der Waals surface area contributed by atoms with E-state index >= 15 is 0 Å². The summed E-state index contributed by atoms with van der Waals surface area (Å²) in [6.45, 7) is 0. The molecule has 0 bridgehead atoms. The van der Waals surface area contributed by atoms with Gasteiger partial charge in [-0.15, -0.1) is 0 Å². The Hall–Kier alpha value is -1.80. The van der Waals surface area contributed by atoms with Crippen molar-refractivity contribution in [2.45, 2.75) is 4.90 Å². The number of para-hydroxylation sites is 1. The largest absolute Gasteiger partial charge is 0.497 e. The van der Waals surface area contributed by atoms with Crippen LogP contribution in [0.3, 0.4) is 0 Å². The van der Waals surface area contributed by atoms with Crippen molar-refractivity contribution in [3.05, 3.63) is 46.7 Å². The van der Waals surface area contributed by atoms with Gasteiger partial charge in [-0.1, -0.05) is 6.07 Å². The maximum absolute atomic E-state index is 13.7. The topological polar surface area (TPSA) is 81.4 Å². The van der Waals surface area contributed by atoms with Gasteiger partial charge in [0.2, 0.25) is 0 Å². The van der Waals surface area contributed by atoms with Crippen molar-refractivity contribution in [2.24, 2.45) is 0 Å². The van der Waals surface area contributed by atoms with E-state index in [2.05, 4.69) is 20.7 Å². The molecule has 0 aromatic heterocycles. The van der Waals surface area contributed by atoms with Crippen LogP contribution in [0.4, 0.5) is 15.8 Å². The third-order valence-corrected chi connectivity index (χ3v) is 4.79. The molecule has 0 saturated heterocycles. The van der Waals surface area contributed by atoms with E-state index in [-0.39, 0.29) is 20.7 Å². The van der Waals surface area contributed by atoms with Crippen LogP contribution in [0.25, 0.3) is 0 Å². The molecule has 8 heteroatoms. The first-order chi connectivity index (χ1) is 9.85. The Morgan fingerprint density at radius 3 is 2.57 bits per heavy atom. The van der Waals surface area contributed by atoms with E-state index in [0.29, 0.717) is 5.75 Å². The molecule has 2 aromatic carbocycles. The predicted molar refractivity (Wildman–Crippen MR) is 82.3 cm³/mol. The van der Waals surface area contributed by atoms with Crippen molar-refractivity contribution in [2.75, 3.05) is 17.6 Å². The van der Waals surface area contributed by atoms with Crippen LogP contribution in [-0.4, -0.2) is 15.5 Å². The first kappa shape index (κ1) is 15.6. The Labute approximate surface area is 130 Å². The summed E-state index contributed by atoms with van der Waals surface area (Å²) in [5.41, 5.74) is 5.54. The lowest BCUT2D eigenvalue weighted by Gasteiger charge is -2.12. The fourth-order valence-corrected chi connectivity index (χ4v) is 3.46. The lowest BCUT2D eigenvalue weighted by molar-refractivity contribution is 0.414. The van der Waals surface area contributed by atoms with Gasteiger partial charge in [-0.25, -0.2) is 12.8 Å². The van der Waals surface area contributed by atoms with Crippen molar-refractivity contribution < 1.29 is 17.5 Å². The highest BCUT2D eigenvalue weighted by Gasteiger charge is 2.21. The van der Waals surface area contributed by atoms with Gasteiger partial charge in [0, 0.05) is 10.5 Å². The van der Waals surface area contributed by atoms with Gasteiger partial charge >= 0.3 is 0 Å². The number of anilines is 2. The maximum atomic E-state index is 13.7. The third kappa shape index (κ3) is 3.27. The summed E-state index contributed by atoms with van der Waals surface area (Å²) >= 11 is 3.10. The molecule has 21 heavy (non-hydrogen) atoms. The minimum Gasteiger partial charge on any atom is -0.497 e. The number of nitrogens with one attached hydrogen (secondary N) is 1. The second-order valence-corrected chi connectivity index (χ2v) is 6.61. The highest BCUT2D eigenvalue weighted by Crippen LogP contribution is 2.30. The molecule has 0 fully saturated rings. The lowest BCUT2D eigenvalue weighted by atomic mass is 10.3. The quantitative estimate of drug-likeness (QED) is 0.806. The van der Waals surface area contributed by atoms with Gasteiger partial charge in [0.15, 0.2) is 0 Å². The highest BCUT2D eigenvalue weighted by atomic mass is 79.9. The van der Waals surface area contributed by atoms with Crippen LogP contribution in [-0.2, 0) is 10.0 Å². The first-order valence-corrected chi connectivity index (χ1v) is 8.03. The maximum Gasteiger partial charge on any atom is 0.264 e. The summed E-state index contributed by atoms with van der Waals surface area (Å²) in [5, 5.41) is 0. The molecule has 0 aliphatic rings. The second-order valence-electron chi connectivity index (χ2n) is 4.11. The van der Waals surface area contributed by atoms with Gasteiger partial charge < -0.3 is 10.5 Å². The molecule has 112 valence electrons. The molecule has 3 N–H and O–H groups in total. The summed E-state index contributed by atoms with van der Waals surface area (Å²) < 4.78 is 45.7. The van der Waals surface area contributed by atoms with Gasteiger partial charge in [-0.05, 0) is 40.2 Å². The Bertz CT molecular complexity index is 761. The van der Waals surface area contributed by atoms with Crippen molar-refractivity contribution >= 4 is 37.3 Å². The Kier molecular flexibility index (Phi) is 4.38. The number of rotatable bonds is 4. The molecule has 0 amide bonds. The molecule has 0 aliphatic carbocycles. The molecule has 0 radical (unpaired) electrons. The van der Waals surface area contributed by atoms with Gasteiger partial charge in [-0.2, -0.15) is 0 Å². The van der Waals surface area contributed by atoms with Crippen LogP contribution in [0.15, 0.2) is 45.8 Å². The molecule has 0 spiro atoms. The summed E-state index contributed by atoms with van der Waals surface area (Å²) in [4.78, 5) is -0.154. The molecule has 2 rings (SSSR count). The van der Waals surface area contributed by atoms with Gasteiger partial charge in [0.05, 0.1) is 18.5 Å². The number of methoxy groups -OCH3 is 1. The van der Waals surface area contributed by atoms with E-state index in [9.17, 15) is 12.8 Å². The molecule has 0 unspecified atom stereocenters. The molecule has 0 aliphatic heterocycles. The van der Waals surface area contributed by atoms with E-state index in [1.807, 2.05) is 0 Å². The minimum atomic E-state index is -4.01. The van der Waals surface area contributed by atoms with Crippen LogP contribution in [0.5, 0.6) is 5.75 Å². The van der Waals surface area contributed by atoms with E-state index in [0.717, 1.165) is 6.07 Å². The number of hydrogen-bond donors (Lipinski definition) is 2. The Morgan fingerprint density at radius 2 is 2.00 bits per heavy atom. The molecule has 5 nitrogen and oxygen atoms in total. The standard InChI is InChI=1S/C13H12BrFN2O3S/c1-20-8-5-6-12(11(16)7-8)21(18,19)17-13-9(14)3-2-4-10(13)15/h2-7,17H,16H2,1H3. The predicted octanol–water partition coefficient (Wildman–Crippen LogP) is 2.98. The molecular formula is C13H12BrFN2O3S. The normalized spacial score (nSPS) is 11.2. The zero-order valence-electron chi connectivity index (χ0n) is 10.9. The SMILES string of the molecule is COc1ccc(S(=O)(=O)Nc2c(F)cccc2Br)c(N)c1. The van der Waals surface area contributed by atoms with Crippen molar-refractivity contribution in [1.82, 2.24) is 0 Å². The zero-order chi connectivity index (χ0) is 15.6. The highest BCUT2D eigenvalue weighted by molar-refractivity contribution is 9.10. The van der Waals surface area contributed by atoms with Crippen molar-refractivity contribution in [1.29, 1.82) is 0 Å². The first-order valence-electron chi connectivity index (χ1n) is 5.75. The van der Waals surface area contributed by atoms with Gasteiger partial charge in [0.1, 0.15) is 16.5 Å². The molecule has 2 aromatic rings. The van der Waals surface area contributed by atoms with Crippen LogP contribution in [0.2, 0.25) is 0 Å². The van der Waals surface area contributed by atoms with Gasteiger partial charge in [-0.3, -0.25) is 4.72 Å². The van der Waals surface area contributed by atoms with Gasteiger partial charge in [0.25, 0.3) is 10.0 Å². The summed E-state index contributed by atoms with van der Waals surface area (Å²) in [5.74, 6) is -0.265. The van der Waals surface area contributed by atoms with Crippen LogP contribution >= 0.6 is 15.9 Å². The van der Waals surface area contributed by atoms with E-state index in [1.165, 1.54) is 37.4 Å². The minimum absolute atomic E-state index is 0.00862. The number of nitrogens with two attached hydrogens (primary N) is 1. The van der Waals surface area contributed by atoms with Crippen LogP contribution < -0.4 is 15.2 Å². The summed E-state index contributed by atoms with van der Waals surface area (Å²) in [6, 6.07) is 8.27. The molecule has 0 atom stereocenters. The van der Waals surface area contributed by atoms with Crippen LogP contribution in [0.1, 0.15) is 0 Å². The third-order valence-electron chi connectivity index (χ3n) is 2.71. The monoisotopic (exact) mass is 374 g/mol. The zero-order valence-corrected chi connectivity index (χ0v) is 13.3. The molecule has 0 heterocycles. The number of halogens is 2. The number of benzene rings is 2. The Balaban J connectivity index is 2.44. The Morgan fingerprint density at radius 1 is 1.29 bits per heavy atom. The van der Waals surface area contributed by atoms with Crippen molar-refractivity contribution in [3.63, 3.8) is 0 Å². The average Bonchev–Trinajstić information content (AvgIpc) is 2.42. The summed E-state index contributed by atoms with van der Waals surface area (Å²) in [6.07, 6.45) is 0. The number of nitrogen functional groups attached to an aromatic ring is 1. The van der Waals surface area contributed by atoms with Crippen molar-refractivity contribution in [3.8, 4) is 5.75 Å². The smallest absolute Gasteiger partial charge is 0.264 e.